The molecule has 1 heterocycles. The van der Waals surface area contributed by atoms with Crippen molar-refractivity contribution in [3.63, 3.8) is 0 Å². The summed E-state index contributed by atoms with van der Waals surface area (Å²) in [7, 11) is 0. The van der Waals surface area contributed by atoms with Gasteiger partial charge in [0, 0.05) is 18.7 Å². The maximum atomic E-state index is 13.0. The molecule has 2 rings (SSSR count). The second-order valence-corrected chi connectivity index (χ2v) is 6.18. The van der Waals surface area contributed by atoms with E-state index in [1.54, 1.807) is 0 Å². The van der Waals surface area contributed by atoms with E-state index < -0.39 is 41.6 Å². The standard InChI is InChI=1S/C17H20FN3O5/c1-9(15(23)20-10(2)17(25)26)19-16(24)11-7-14(22)21(8-11)13-5-3-12(18)4-6-13/h3-6,9-11H,7-8H2,1-2H3,(H,19,24)(H,20,23)(H,25,26)/t9-,10-,11-/m0/s1. The Bertz CT molecular complexity index is 722. The third-order valence-electron chi connectivity index (χ3n) is 4.12. The van der Waals surface area contributed by atoms with Crippen LogP contribution in [0.25, 0.3) is 0 Å². The number of carboxylic acids is 1. The molecule has 0 unspecified atom stereocenters. The third kappa shape index (κ3) is 4.56. The highest BCUT2D eigenvalue weighted by molar-refractivity contribution is 6.01. The molecule has 1 saturated heterocycles. The van der Waals surface area contributed by atoms with E-state index in [0.29, 0.717) is 5.69 Å². The Labute approximate surface area is 149 Å². The minimum atomic E-state index is -1.19. The van der Waals surface area contributed by atoms with Gasteiger partial charge in [-0.2, -0.15) is 0 Å². The predicted molar refractivity (Wildman–Crippen MR) is 89.7 cm³/mol. The average Bonchev–Trinajstić information content (AvgIpc) is 2.97. The SMILES string of the molecule is C[C@H](NC(=O)[C@H](C)NC(=O)[C@H]1CC(=O)N(c2ccc(F)cc2)C1)C(=O)O. The van der Waals surface area contributed by atoms with Crippen molar-refractivity contribution in [2.75, 3.05) is 11.4 Å². The molecule has 3 atom stereocenters. The fourth-order valence-electron chi connectivity index (χ4n) is 2.55. The lowest BCUT2D eigenvalue weighted by atomic mass is 10.1. The first-order valence-corrected chi connectivity index (χ1v) is 8.08. The molecular formula is C17H20FN3O5. The fraction of sp³-hybridized carbons (Fsp3) is 0.412. The minimum absolute atomic E-state index is 0.0247. The molecule has 0 aliphatic carbocycles. The van der Waals surface area contributed by atoms with Crippen LogP contribution < -0.4 is 15.5 Å². The first-order valence-electron chi connectivity index (χ1n) is 8.08. The summed E-state index contributed by atoms with van der Waals surface area (Å²) >= 11 is 0. The number of carboxylic acid groups (broad SMARTS) is 1. The topological polar surface area (TPSA) is 116 Å². The monoisotopic (exact) mass is 365 g/mol. The highest BCUT2D eigenvalue weighted by Crippen LogP contribution is 2.25. The van der Waals surface area contributed by atoms with Crippen LogP contribution in [0.2, 0.25) is 0 Å². The minimum Gasteiger partial charge on any atom is -0.480 e. The van der Waals surface area contributed by atoms with Crippen LogP contribution in [0.3, 0.4) is 0 Å². The van der Waals surface area contributed by atoms with Crippen molar-refractivity contribution in [3.05, 3.63) is 30.1 Å². The van der Waals surface area contributed by atoms with Gasteiger partial charge in [-0.3, -0.25) is 19.2 Å². The number of carbonyl (C=O) groups is 4. The van der Waals surface area contributed by atoms with Crippen molar-refractivity contribution in [2.45, 2.75) is 32.4 Å². The van der Waals surface area contributed by atoms with E-state index in [-0.39, 0.29) is 18.9 Å². The van der Waals surface area contributed by atoms with Crippen LogP contribution in [0.15, 0.2) is 24.3 Å². The van der Waals surface area contributed by atoms with Crippen molar-refractivity contribution >= 4 is 29.4 Å². The van der Waals surface area contributed by atoms with Gasteiger partial charge >= 0.3 is 5.97 Å². The number of hydrogen-bond donors (Lipinski definition) is 3. The molecule has 1 aliphatic rings. The second-order valence-electron chi connectivity index (χ2n) is 6.18. The Morgan fingerprint density at radius 1 is 1.15 bits per heavy atom. The van der Waals surface area contributed by atoms with Gasteiger partial charge < -0.3 is 20.6 Å². The number of rotatable bonds is 6. The highest BCUT2D eigenvalue weighted by atomic mass is 19.1. The number of aliphatic carboxylic acids is 1. The molecule has 3 amide bonds. The maximum Gasteiger partial charge on any atom is 0.325 e. The quantitative estimate of drug-likeness (QED) is 0.669. The number of halogens is 1. The van der Waals surface area contributed by atoms with Crippen LogP contribution in [0, 0.1) is 11.7 Å². The number of nitrogens with zero attached hydrogens (tertiary/aromatic N) is 1. The molecule has 9 heteroatoms. The smallest absolute Gasteiger partial charge is 0.325 e. The second kappa shape index (κ2) is 7.94. The molecule has 1 aromatic carbocycles. The Hall–Kier alpha value is -2.97. The van der Waals surface area contributed by atoms with Gasteiger partial charge in [0.05, 0.1) is 5.92 Å². The van der Waals surface area contributed by atoms with Gasteiger partial charge in [-0.15, -0.1) is 0 Å². The molecule has 0 aromatic heterocycles. The van der Waals surface area contributed by atoms with E-state index in [1.165, 1.54) is 43.0 Å². The molecule has 8 nitrogen and oxygen atoms in total. The van der Waals surface area contributed by atoms with E-state index in [2.05, 4.69) is 10.6 Å². The summed E-state index contributed by atoms with van der Waals surface area (Å²) in [4.78, 5) is 48.5. The lowest BCUT2D eigenvalue weighted by Crippen LogP contribution is -2.50. The van der Waals surface area contributed by atoms with Crippen molar-refractivity contribution < 1.29 is 28.7 Å². The molecule has 0 spiro atoms. The van der Waals surface area contributed by atoms with E-state index in [0.717, 1.165) is 0 Å². The zero-order valence-electron chi connectivity index (χ0n) is 14.4. The van der Waals surface area contributed by atoms with Gasteiger partial charge in [0.1, 0.15) is 17.9 Å². The van der Waals surface area contributed by atoms with Crippen LogP contribution in [0.4, 0.5) is 10.1 Å². The largest absolute Gasteiger partial charge is 0.480 e. The first-order chi connectivity index (χ1) is 12.2. The Morgan fingerprint density at radius 2 is 1.77 bits per heavy atom. The summed E-state index contributed by atoms with van der Waals surface area (Å²) in [5.41, 5.74) is 0.493. The number of amides is 3. The first kappa shape index (κ1) is 19.4. The molecular weight excluding hydrogens is 345 g/mol. The van der Waals surface area contributed by atoms with E-state index in [9.17, 15) is 23.6 Å². The molecule has 0 radical (unpaired) electrons. The zero-order valence-corrected chi connectivity index (χ0v) is 14.4. The molecule has 1 aliphatic heterocycles. The summed E-state index contributed by atoms with van der Waals surface area (Å²) in [6.07, 6.45) is -0.0247. The third-order valence-corrected chi connectivity index (χ3v) is 4.12. The fourth-order valence-corrected chi connectivity index (χ4v) is 2.55. The summed E-state index contributed by atoms with van der Waals surface area (Å²) in [6.45, 7) is 2.86. The van der Waals surface area contributed by atoms with E-state index >= 15 is 0 Å². The molecule has 1 fully saturated rings. The number of carbonyl (C=O) groups excluding carboxylic acids is 3. The molecule has 3 N–H and O–H groups in total. The van der Waals surface area contributed by atoms with Crippen molar-refractivity contribution in [2.24, 2.45) is 5.92 Å². The molecule has 26 heavy (non-hydrogen) atoms. The van der Waals surface area contributed by atoms with Gasteiger partial charge in [-0.1, -0.05) is 0 Å². The van der Waals surface area contributed by atoms with Crippen molar-refractivity contribution in [3.8, 4) is 0 Å². The highest BCUT2D eigenvalue weighted by Gasteiger charge is 2.36. The predicted octanol–water partition coefficient (Wildman–Crippen LogP) is 0.273. The number of benzene rings is 1. The Kier molecular flexibility index (Phi) is 5.91. The summed E-state index contributed by atoms with van der Waals surface area (Å²) in [6, 6.07) is 3.34. The molecule has 0 bridgehead atoms. The lowest BCUT2D eigenvalue weighted by Gasteiger charge is -2.19. The maximum absolute atomic E-state index is 13.0. The van der Waals surface area contributed by atoms with Crippen molar-refractivity contribution in [1.82, 2.24) is 10.6 Å². The van der Waals surface area contributed by atoms with Gasteiger partial charge in [-0.05, 0) is 38.1 Å². The molecule has 0 saturated carbocycles. The van der Waals surface area contributed by atoms with Gasteiger partial charge in [-0.25, -0.2) is 4.39 Å². The number of anilines is 1. The van der Waals surface area contributed by atoms with E-state index in [1.807, 2.05) is 0 Å². The van der Waals surface area contributed by atoms with Crippen molar-refractivity contribution in [1.29, 1.82) is 0 Å². The Balaban J connectivity index is 1.94. The molecule has 140 valence electrons. The van der Waals surface area contributed by atoms with Gasteiger partial charge in [0.2, 0.25) is 17.7 Å². The van der Waals surface area contributed by atoms with E-state index in [4.69, 9.17) is 5.11 Å². The zero-order chi connectivity index (χ0) is 19.4. The van der Waals surface area contributed by atoms with Crippen LogP contribution >= 0.6 is 0 Å². The van der Waals surface area contributed by atoms with Crippen LogP contribution in [0.1, 0.15) is 20.3 Å². The number of nitrogens with one attached hydrogen (secondary N) is 2. The van der Waals surface area contributed by atoms with Crippen LogP contribution in [-0.4, -0.2) is 47.4 Å². The lowest BCUT2D eigenvalue weighted by molar-refractivity contribution is -0.141. The Morgan fingerprint density at radius 3 is 2.35 bits per heavy atom. The summed E-state index contributed by atoms with van der Waals surface area (Å²) in [5.74, 6) is -3.65. The van der Waals surface area contributed by atoms with Gasteiger partial charge in [0.25, 0.3) is 0 Å². The normalized spacial score (nSPS) is 19.0. The number of hydrogen-bond acceptors (Lipinski definition) is 4. The summed E-state index contributed by atoms with van der Waals surface area (Å²) in [5, 5.41) is 13.5. The van der Waals surface area contributed by atoms with Crippen LogP contribution in [0.5, 0.6) is 0 Å². The molecule has 1 aromatic rings. The van der Waals surface area contributed by atoms with Gasteiger partial charge in [0.15, 0.2) is 0 Å². The van der Waals surface area contributed by atoms with Crippen LogP contribution in [-0.2, 0) is 19.2 Å². The average molecular weight is 365 g/mol. The summed E-state index contributed by atoms with van der Waals surface area (Å²) < 4.78 is 13.0.